The average Bonchev–Trinajstić information content (AvgIpc) is 2.40. The minimum Gasteiger partial charge on any atom is -0.379 e. The van der Waals surface area contributed by atoms with Crippen LogP contribution < -0.4 is 0 Å². The van der Waals surface area contributed by atoms with Gasteiger partial charge in [-0.2, -0.15) is 0 Å². The highest BCUT2D eigenvalue weighted by Crippen LogP contribution is 2.16. The van der Waals surface area contributed by atoms with Crippen LogP contribution in [0.1, 0.15) is 12.0 Å². The molecule has 0 aromatic heterocycles. The van der Waals surface area contributed by atoms with E-state index >= 15 is 0 Å². The van der Waals surface area contributed by atoms with Crippen LogP contribution in [0.4, 0.5) is 13.2 Å². The molecule has 0 saturated carbocycles. The summed E-state index contributed by atoms with van der Waals surface area (Å²) < 4.78 is 44.3. The zero-order valence-corrected chi connectivity index (χ0v) is 10.1. The molecule has 1 saturated heterocycles. The van der Waals surface area contributed by atoms with E-state index in [9.17, 15) is 13.2 Å². The van der Waals surface area contributed by atoms with Crippen molar-refractivity contribution in [2.45, 2.75) is 12.8 Å². The molecule has 1 heterocycles. The van der Waals surface area contributed by atoms with Gasteiger partial charge >= 0.3 is 0 Å². The zero-order chi connectivity index (χ0) is 13.0. The maximum Gasteiger partial charge on any atom is 0.194 e. The standard InChI is InChI=1S/C13H16F3NO/c14-11-4-3-10(12(15)13(11)16)2-1-5-17-6-8-18-9-7-17/h3-4H,1-2,5-9H2. The van der Waals surface area contributed by atoms with Crippen LogP contribution in [0.25, 0.3) is 0 Å². The third-order valence-electron chi connectivity index (χ3n) is 3.14. The Hall–Kier alpha value is -1.07. The lowest BCUT2D eigenvalue weighted by Gasteiger charge is -2.26. The van der Waals surface area contributed by atoms with Crippen molar-refractivity contribution in [3.63, 3.8) is 0 Å². The fourth-order valence-electron chi connectivity index (χ4n) is 2.08. The molecule has 1 aromatic carbocycles. The molecule has 1 aliphatic rings. The van der Waals surface area contributed by atoms with Crippen LogP contribution in [-0.2, 0) is 11.2 Å². The van der Waals surface area contributed by atoms with Crippen molar-refractivity contribution < 1.29 is 17.9 Å². The number of hydrogen-bond donors (Lipinski definition) is 0. The topological polar surface area (TPSA) is 12.5 Å². The summed E-state index contributed by atoms with van der Waals surface area (Å²) in [7, 11) is 0. The molecule has 0 spiro atoms. The van der Waals surface area contributed by atoms with E-state index in [1.54, 1.807) is 0 Å². The van der Waals surface area contributed by atoms with E-state index < -0.39 is 17.5 Å². The Morgan fingerprint density at radius 1 is 1.06 bits per heavy atom. The lowest BCUT2D eigenvalue weighted by molar-refractivity contribution is 0.0374. The predicted octanol–water partition coefficient (Wildman–Crippen LogP) is 2.37. The number of benzene rings is 1. The second-order valence-corrected chi connectivity index (χ2v) is 4.39. The smallest absolute Gasteiger partial charge is 0.194 e. The predicted molar refractivity (Wildman–Crippen MR) is 61.9 cm³/mol. The van der Waals surface area contributed by atoms with E-state index in [2.05, 4.69) is 4.90 Å². The van der Waals surface area contributed by atoms with Crippen LogP contribution >= 0.6 is 0 Å². The van der Waals surface area contributed by atoms with Crippen LogP contribution in [0.2, 0.25) is 0 Å². The second-order valence-electron chi connectivity index (χ2n) is 4.39. The van der Waals surface area contributed by atoms with Crippen LogP contribution in [-0.4, -0.2) is 37.7 Å². The van der Waals surface area contributed by atoms with E-state index in [0.29, 0.717) is 6.42 Å². The number of halogens is 3. The van der Waals surface area contributed by atoms with Gasteiger partial charge in [0.15, 0.2) is 17.5 Å². The van der Waals surface area contributed by atoms with E-state index in [0.717, 1.165) is 45.3 Å². The largest absolute Gasteiger partial charge is 0.379 e. The highest BCUT2D eigenvalue weighted by atomic mass is 19.2. The highest BCUT2D eigenvalue weighted by Gasteiger charge is 2.14. The zero-order valence-electron chi connectivity index (χ0n) is 10.1. The molecule has 0 unspecified atom stereocenters. The number of hydrogen-bond acceptors (Lipinski definition) is 2. The number of morpholine rings is 1. The van der Waals surface area contributed by atoms with Gasteiger partial charge in [-0.25, -0.2) is 13.2 Å². The molecule has 1 fully saturated rings. The summed E-state index contributed by atoms with van der Waals surface area (Å²) in [6.07, 6.45) is 1.14. The van der Waals surface area contributed by atoms with Crippen molar-refractivity contribution in [3.8, 4) is 0 Å². The third-order valence-corrected chi connectivity index (χ3v) is 3.14. The fourth-order valence-corrected chi connectivity index (χ4v) is 2.08. The van der Waals surface area contributed by atoms with Crippen LogP contribution in [0.15, 0.2) is 12.1 Å². The molecule has 0 atom stereocenters. The van der Waals surface area contributed by atoms with Crippen LogP contribution in [0, 0.1) is 17.5 Å². The molecular formula is C13H16F3NO. The van der Waals surface area contributed by atoms with Crippen molar-refractivity contribution in [3.05, 3.63) is 35.1 Å². The summed E-state index contributed by atoms with van der Waals surface area (Å²) in [5, 5.41) is 0. The SMILES string of the molecule is Fc1ccc(CCCN2CCOCC2)c(F)c1F. The van der Waals surface area contributed by atoms with Crippen LogP contribution in [0.5, 0.6) is 0 Å². The number of rotatable bonds is 4. The summed E-state index contributed by atoms with van der Waals surface area (Å²) in [5.74, 6) is -3.57. The van der Waals surface area contributed by atoms with E-state index in [4.69, 9.17) is 4.74 Å². The van der Waals surface area contributed by atoms with Gasteiger partial charge in [0.2, 0.25) is 0 Å². The molecule has 0 bridgehead atoms. The van der Waals surface area contributed by atoms with Gasteiger partial charge in [0, 0.05) is 13.1 Å². The fraction of sp³-hybridized carbons (Fsp3) is 0.538. The number of ether oxygens (including phenoxy) is 1. The minimum absolute atomic E-state index is 0.238. The Kier molecular flexibility index (Phi) is 4.60. The minimum atomic E-state index is -1.38. The lowest BCUT2D eigenvalue weighted by atomic mass is 10.1. The Balaban J connectivity index is 1.84. The molecule has 0 radical (unpaired) electrons. The molecule has 1 aliphatic heterocycles. The first-order valence-corrected chi connectivity index (χ1v) is 6.11. The quantitative estimate of drug-likeness (QED) is 0.770. The van der Waals surface area contributed by atoms with Crippen molar-refractivity contribution in [1.82, 2.24) is 4.90 Å². The van der Waals surface area contributed by atoms with E-state index in [1.807, 2.05) is 0 Å². The lowest BCUT2D eigenvalue weighted by Crippen LogP contribution is -2.36. The summed E-state index contributed by atoms with van der Waals surface area (Å²) in [4.78, 5) is 2.22. The first-order chi connectivity index (χ1) is 8.68. The van der Waals surface area contributed by atoms with Gasteiger partial charge in [0.1, 0.15) is 0 Å². The number of nitrogens with zero attached hydrogens (tertiary/aromatic N) is 1. The first-order valence-electron chi connectivity index (χ1n) is 6.11. The number of aryl methyl sites for hydroxylation is 1. The van der Waals surface area contributed by atoms with Crippen molar-refractivity contribution in [1.29, 1.82) is 0 Å². The van der Waals surface area contributed by atoms with E-state index in [-0.39, 0.29) is 5.56 Å². The normalized spacial score (nSPS) is 17.1. The van der Waals surface area contributed by atoms with E-state index in [1.165, 1.54) is 6.07 Å². The van der Waals surface area contributed by atoms with Gasteiger partial charge in [-0.1, -0.05) is 6.07 Å². The average molecular weight is 259 g/mol. The Bertz CT molecular complexity index is 405. The molecular weight excluding hydrogens is 243 g/mol. The van der Waals surface area contributed by atoms with Crippen molar-refractivity contribution >= 4 is 0 Å². The van der Waals surface area contributed by atoms with Gasteiger partial charge in [-0.3, -0.25) is 4.90 Å². The van der Waals surface area contributed by atoms with Crippen molar-refractivity contribution in [2.24, 2.45) is 0 Å². The Labute approximate surface area is 104 Å². The summed E-state index contributed by atoms with van der Waals surface area (Å²) in [5.41, 5.74) is 0.238. The second kappa shape index (κ2) is 6.20. The van der Waals surface area contributed by atoms with Gasteiger partial charge in [-0.15, -0.1) is 0 Å². The molecule has 0 aliphatic carbocycles. The van der Waals surface area contributed by atoms with Crippen LogP contribution in [0.3, 0.4) is 0 Å². The molecule has 0 N–H and O–H groups in total. The van der Waals surface area contributed by atoms with Crippen molar-refractivity contribution in [2.75, 3.05) is 32.8 Å². The Morgan fingerprint density at radius 2 is 1.78 bits per heavy atom. The molecule has 0 amide bonds. The van der Waals surface area contributed by atoms with Gasteiger partial charge < -0.3 is 4.74 Å². The molecule has 5 heteroatoms. The maximum atomic E-state index is 13.4. The van der Waals surface area contributed by atoms with Gasteiger partial charge in [0.05, 0.1) is 13.2 Å². The molecule has 100 valence electrons. The molecule has 1 aromatic rings. The maximum absolute atomic E-state index is 13.4. The third kappa shape index (κ3) is 3.23. The van der Waals surface area contributed by atoms with Gasteiger partial charge in [-0.05, 0) is 31.0 Å². The highest BCUT2D eigenvalue weighted by molar-refractivity contribution is 5.20. The molecule has 18 heavy (non-hydrogen) atoms. The molecule has 2 nitrogen and oxygen atoms in total. The summed E-state index contributed by atoms with van der Waals surface area (Å²) >= 11 is 0. The first kappa shape index (κ1) is 13.4. The van der Waals surface area contributed by atoms with Gasteiger partial charge in [0.25, 0.3) is 0 Å². The molecule has 2 rings (SSSR count). The Morgan fingerprint density at radius 3 is 2.50 bits per heavy atom. The summed E-state index contributed by atoms with van der Waals surface area (Å²) in [6.45, 7) is 4.02. The summed E-state index contributed by atoms with van der Waals surface area (Å²) in [6, 6.07) is 2.29. The monoisotopic (exact) mass is 259 g/mol.